The average Bonchev–Trinajstić information content (AvgIpc) is 0.814. The number of benzene rings is 2. The first kappa shape index (κ1) is 109. The van der Waals surface area contributed by atoms with Crippen molar-refractivity contribution in [3.63, 3.8) is 0 Å². The molecule has 0 amide bonds. The number of unbranched alkanes of at least 4 members (excludes halogenated alkanes) is 56. The third kappa shape index (κ3) is 67.9. The van der Waals surface area contributed by atoms with Crippen molar-refractivity contribution in [2.45, 2.75) is 448 Å². The molecule has 644 valence electrons. The van der Waals surface area contributed by atoms with Gasteiger partial charge < -0.3 is 28.1 Å². The van der Waals surface area contributed by atoms with E-state index >= 15 is 0 Å². The maximum absolute atomic E-state index is 12.9. The first-order valence-corrected chi connectivity index (χ1v) is 48.9. The van der Waals surface area contributed by atoms with Gasteiger partial charge in [0.25, 0.3) is 0 Å². The van der Waals surface area contributed by atoms with Crippen molar-refractivity contribution < 1.29 is 64.1 Å². The monoisotopic (exact) mass is 1640 g/mol. The molecule has 0 saturated heterocycles. The van der Waals surface area contributed by atoms with E-state index in [0.717, 1.165) is 101 Å². The van der Waals surface area contributed by atoms with Crippen LogP contribution in [0.25, 0.3) is 0 Å². The zero-order valence-electron chi connectivity index (χ0n) is 72.4. The van der Waals surface area contributed by atoms with Gasteiger partial charge in [0.2, 0.25) is 0 Å². The summed E-state index contributed by atoms with van der Waals surface area (Å²) in [6.07, 6.45) is 95.7. The zero-order valence-corrected chi connectivity index (χ0v) is 76.2. The molecule has 0 aliphatic heterocycles. The molecule has 14 nitrogen and oxygen atoms in total. The topological polar surface area (TPSA) is 220 Å². The summed E-state index contributed by atoms with van der Waals surface area (Å²) in [5, 5.41) is 0. The Morgan fingerprint density at radius 2 is 0.389 bits per heavy atom. The van der Waals surface area contributed by atoms with E-state index in [1.165, 1.54) is 320 Å². The molecule has 2 rings (SSSR count). The number of carbonyl (C=O) groups is 4. The van der Waals surface area contributed by atoms with Crippen molar-refractivity contribution >= 4 is 81.9 Å². The molecule has 0 saturated carbocycles. The second-order valence-electron chi connectivity index (χ2n) is 31.4. The number of allylic oxidation sites excluding steroid dienone is 8. The predicted octanol–water partition coefficient (Wildman–Crippen LogP) is 28.7. The van der Waals surface area contributed by atoms with Crippen LogP contribution in [0.5, 0.6) is 0 Å². The number of hydrogen-bond donors (Lipinski definition) is 0. The van der Waals surface area contributed by atoms with Crippen LogP contribution >= 0.6 is 0 Å². The summed E-state index contributed by atoms with van der Waals surface area (Å²) in [5.41, 5.74) is -0.680. The Labute approximate surface area is 722 Å². The van der Waals surface area contributed by atoms with Gasteiger partial charge in [-0.1, -0.05) is 359 Å². The van der Waals surface area contributed by atoms with Crippen LogP contribution < -0.4 is 0 Å². The van der Waals surface area contributed by atoms with Gasteiger partial charge in [-0.25, -0.2) is 36.0 Å². The molecular formula is C96H162CaO14S2. The van der Waals surface area contributed by atoms with Crippen molar-refractivity contribution in [1.82, 2.24) is 0 Å². The SMILES string of the molecule is CCCCCCC/C=C/CCCCCCCCCCCOC(=O)c1ccc(S(=O)(=O)[O-])cc1C(=O)OCCCCCCCCCCC/C=C/CCCCCCC.CCCCCCC/C=C/CCCCCCCCCCCOC(=O)c1ccc(S(=O)(=O)[O-])cc1C(=O)OCCCCCCCCCCC/C=C/CCCCCCC.[Ca+2]. The molecule has 2 aromatic carbocycles. The van der Waals surface area contributed by atoms with Gasteiger partial charge in [0.05, 0.1) is 58.5 Å². The number of carbonyl (C=O) groups excluding carboxylic acids is 4. The average molecular weight is 1640 g/mol. The Bertz CT molecular complexity index is 2740. The van der Waals surface area contributed by atoms with Crippen LogP contribution in [0.15, 0.2) is 94.8 Å². The van der Waals surface area contributed by atoms with E-state index in [0.29, 0.717) is 25.7 Å². The van der Waals surface area contributed by atoms with Crippen LogP contribution in [0.2, 0.25) is 0 Å². The van der Waals surface area contributed by atoms with Crippen LogP contribution in [-0.4, -0.2) is 114 Å². The van der Waals surface area contributed by atoms with Crippen molar-refractivity contribution in [1.29, 1.82) is 0 Å². The fraction of sp³-hybridized carbons (Fsp3) is 0.750. The third-order valence-corrected chi connectivity index (χ3v) is 22.7. The third-order valence-electron chi connectivity index (χ3n) is 21.0. The minimum Gasteiger partial charge on any atom is -0.744 e. The molecule has 17 heteroatoms. The van der Waals surface area contributed by atoms with Crippen molar-refractivity contribution in [3.8, 4) is 0 Å². The van der Waals surface area contributed by atoms with Gasteiger partial charge >= 0.3 is 61.6 Å². The Morgan fingerprint density at radius 3 is 0.558 bits per heavy atom. The Hall–Kier alpha value is -3.64. The van der Waals surface area contributed by atoms with E-state index in [4.69, 9.17) is 18.9 Å². The van der Waals surface area contributed by atoms with Gasteiger partial charge in [0, 0.05) is 0 Å². The molecule has 0 N–H and O–H groups in total. The van der Waals surface area contributed by atoms with Gasteiger partial charge in [0.1, 0.15) is 20.2 Å². The molecule has 0 aromatic heterocycles. The second-order valence-corrected chi connectivity index (χ2v) is 34.2. The molecule has 113 heavy (non-hydrogen) atoms. The molecule has 0 bridgehead atoms. The van der Waals surface area contributed by atoms with Gasteiger partial charge in [-0.3, -0.25) is 0 Å². The van der Waals surface area contributed by atoms with Gasteiger partial charge in [-0.05, 0) is 165 Å². The molecule has 0 spiro atoms. The number of rotatable bonds is 78. The molecular weight excluding hydrogens is 1480 g/mol. The number of ether oxygens (including phenoxy) is 4. The normalized spacial score (nSPS) is 11.8. The standard InChI is InChI=1S/2C48H82O7S.Ca/c2*1-3-5-7-9-11-13-15-17-19-21-23-25-27-29-31-33-35-37-41-54-47(49)45-40-39-44(56(51,52)53)43-46(45)48(50)55-42-38-36-34-32-30-28-26-24-22-20-18-16-14-12-10-8-6-4-2;/h2*15-18,39-40,43H,3-14,19-38,41-42H2,1-2H3,(H,51,52,53);/q;;+2/p-2/b2*17-15+,18-16+;. The van der Waals surface area contributed by atoms with Crippen LogP contribution in [0.3, 0.4) is 0 Å². The van der Waals surface area contributed by atoms with Crippen molar-refractivity contribution in [2.75, 3.05) is 26.4 Å². The van der Waals surface area contributed by atoms with Crippen molar-refractivity contribution in [2.24, 2.45) is 0 Å². The quantitative estimate of drug-likeness (QED) is 0.0150. The molecule has 0 atom stereocenters. The number of esters is 4. The van der Waals surface area contributed by atoms with E-state index in [1.807, 2.05) is 0 Å². The first-order valence-electron chi connectivity index (χ1n) is 46.1. The van der Waals surface area contributed by atoms with E-state index in [1.54, 1.807) is 0 Å². The van der Waals surface area contributed by atoms with Crippen LogP contribution in [0.1, 0.15) is 480 Å². The summed E-state index contributed by atoms with van der Waals surface area (Å²) in [4.78, 5) is 50.5. The van der Waals surface area contributed by atoms with Crippen LogP contribution in [0.4, 0.5) is 0 Å². The summed E-state index contributed by atoms with van der Waals surface area (Å²) in [6.45, 7) is 9.74. The van der Waals surface area contributed by atoms with E-state index < -0.39 is 53.9 Å². The predicted molar refractivity (Wildman–Crippen MR) is 470 cm³/mol. The summed E-state index contributed by atoms with van der Waals surface area (Å²) >= 11 is 0. The van der Waals surface area contributed by atoms with Gasteiger partial charge in [-0.15, -0.1) is 0 Å². The van der Waals surface area contributed by atoms with E-state index in [-0.39, 0.29) is 86.4 Å². The molecule has 0 aliphatic carbocycles. The van der Waals surface area contributed by atoms with Gasteiger partial charge in [0.15, 0.2) is 0 Å². The molecule has 0 fully saturated rings. The second kappa shape index (κ2) is 80.8. The van der Waals surface area contributed by atoms with Crippen molar-refractivity contribution in [3.05, 3.63) is 107 Å². The van der Waals surface area contributed by atoms with Crippen LogP contribution in [-0.2, 0) is 39.2 Å². The molecule has 2 aromatic rings. The zero-order chi connectivity index (χ0) is 81.6. The Kier molecular flexibility index (Phi) is 78.2. The minimum atomic E-state index is -4.82. The first-order chi connectivity index (χ1) is 54.6. The molecule has 0 radical (unpaired) electrons. The Morgan fingerprint density at radius 1 is 0.239 bits per heavy atom. The maximum atomic E-state index is 12.9. The molecule has 0 aliphatic rings. The minimum absolute atomic E-state index is 0. The summed E-state index contributed by atoms with van der Waals surface area (Å²) in [5.74, 6) is -3.10. The van der Waals surface area contributed by atoms with E-state index in [2.05, 4.69) is 76.3 Å². The summed E-state index contributed by atoms with van der Waals surface area (Å²) < 4.78 is 91.7. The summed E-state index contributed by atoms with van der Waals surface area (Å²) in [7, 11) is -9.64. The summed E-state index contributed by atoms with van der Waals surface area (Å²) in [6, 6.07) is 6.28. The molecule has 0 heterocycles. The smallest absolute Gasteiger partial charge is 0.744 e. The fourth-order valence-corrected chi connectivity index (χ4v) is 14.8. The number of hydrogen-bond acceptors (Lipinski definition) is 14. The Balaban J connectivity index is 0.00000220. The maximum Gasteiger partial charge on any atom is 2.00 e. The van der Waals surface area contributed by atoms with E-state index in [9.17, 15) is 45.1 Å². The van der Waals surface area contributed by atoms with Crippen LogP contribution in [0, 0.1) is 0 Å². The fourth-order valence-electron chi connectivity index (χ4n) is 13.8. The largest absolute Gasteiger partial charge is 2.00 e. The molecule has 0 unspecified atom stereocenters. The van der Waals surface area contributed by atoms with Gasteiger partial charge in [-0.2, -0.15) is 0 Å².